The molecule has 2 unspecified atom stereocenters. The first-order chi connectivity index (χ1) is 8.96. The van der Waals surface area contributed by atoms with Crippen molar-refractivity contribution in [2.75, 3.05) is 38.2 Å². The van der Waals surface area contributed by atoms with Crippen LogP contribution < -0.4 is 11.3 Å². The molecule has 1 aliphatic heterocycles. The van der Waals surface area contributed by atoms with E-state index in [4.69, 9.17) is 10.6 Å². The zero-order valence-electron chi connectivity index (χ0n) is 12.0. The number of rotatable bonds is 8. The molecule has 0 bridgehead atoms. The smallest absolute Gasteiger partial charge is 0.147 e. The second-order valence-corrected chi connectivity index (χ2v) is 7.51. The van der Waals surface area contributed by atoms with Crippen LogP contribution in [0.3, 0.4) is 0 Å². The molecule has 1 rings (SSSR count). The molecule has 0 aromatic rings. The van der Waals surface area contributed by atoms with Crippen molar-refractivity contribution in [2.24, 2.45) is 5.84 Å². The standard InChI is InChI=1S/C12H27N3O3S/c1-3-6-15-7-8-18-12(10-15)11(14-13)5-4-9-19(2,16)17/h11-12,14H,3-10,13H2,1-2H3. The highest BCUT2D eigenvalue weighted by atomic mass is 32.2. The number of sulfone groups is 1. The maximum Gasteiger partial charge on any atom is 0.147 e. The third kappa shape index (κ3) is 6.67. The molecule has 1 heterocycles. The van der Waals surface area contributed by atoms with E-state index >= 15 is 0 Å². The summed E-state index contributed by atoms with van der Waals surface area (Å²) in [4.78, 5) is 2.37. The van der Waals surface area contributed by atoms with Gasteiger partial charge in [0, 0.05) is 31.1 Å². The molecular formula is C12H27N3O3S. The molecule has 2 atom stereocenters. The molecule has 19 heavy (non-hydrogen) atoms. The van der Waals surface area contributed by atoms with Gasteiger partial charge in [-0.05, 0) is 25.8 Å². The Morgan fingerprint density at radius 3 is 2.84 bits per heavy atom. The Kier molecular flexibility index (Phi) is 7.23. The fourth-order valence-electron chi connectivity index (χ4n) is 2.44. The number of nitrogens with two attached hydrogens (primary N) is 1. The summed E-state index contributed by atoms with van der Waals surface area (Å²) in [6.45, 7) is 5.78. The quantitative estimate of drug-likeness (QED) is 0.474. The van der Waals surface area contributed by atoms with E-state index in [1.165, 1.54) is 6.26 Å². The van der Waals surface area contributed by atoms with E-state index in [0.717, 1.165) is 32.7 Å². The van der Waals surface area contributed by atoms with E-state index in [1.807, 2.05) is 0 Å². The largest absolute Gasteiger partial charge is 0.374 e. The Bertz CT molecular complexity index is 346. The molecule has 0 saturated carbocycles. The van der Waals surface area contributed by atoms with Crippen LogP contribution in [0, 0.1) is 0 Å². The lowest BCUT2D eigenvalue weighted by atomic mass is 10.0. The zero-order chi connectivity index (χ0) is 14.3. The van der Waals surface area contributed by atoms with E-state index in [0.29, 0.717) is 12.8 Å². The van der Waals surface area contributed by atoms with Crippen molar-refractivity contribution >= 4 is 9.84 Å². The van der Waals surface area contributed by atoms with Gasteiger partial charge in [-0.15, -0.1) is 0 Å². The highest BCUT2D eigenvalue weighted by molar-refractivity contribution is 7.90. The van der Waals surface area contributed by atoms with Crippen LogP contribution in [0.4, 0.5) is 0 Å². The van der Waals surface area contributed by atoms with Crippen LogP contribution in [-0.4, -0.2) is 63.7 Å². The first-order valence-corrected chi connectivity index (χ1v) is 9.00. The van der Waals surface area contributed by atoms with Crippen molar-refractivity contribution in [3.63, 3.8) is 0 Å². The summed E-state index contributed by atoms with van der Waals surface area (Å²) in [5.41, 5.74) is 2.77. The van der Waals surface area contributed by atoms with Gasteiger partial charge in [0.15, 0.2) is 0 Å². The first kappa shape index (κ1) is 16.8. The van der Waals surface area contributed by atoms with Gasteiger partial charge in [-0.1, -0.05) is 6.92 Å². The maximum absolute atomic E-state index is 11.1. The molecule has 1 saturated heterocycles. The first-order valence-electron chi connectivity index (χ1n) is 6.94. The average molecular weight is 293 g/mol. The van der Waals surface area contributed by atoms with Gasteiger partial charge in [-0.2, -0.15) is 0 Å². The Hall–Kier alpha value is -0.210. The monoisotopic (exact) mass is 293 g/mol. The van der Waals surface area contributed by atoms with Crippen LogP contribution >= 0.6 is 0 Å². The zero-order valence-corrected chi connectivity index (χ0v) is 12.8. The van der Waals surface area contributed by atoms with Crippen LogP contribution in [0.1, 0.15) is 26.2 Å². The SMILES string of the molecule is CCCN1CCOC(C(CCCS(C)(=O)=O)NN)C1. The Labute approximate surface area is 116 Å². The minimum Gasteiger partial charge on any atom is -0.374 e. The van der Waals surface area contributed by atoms with Crippen LogP contribution in [0.25, 0.3) is 0 Å². The van der Waals surface area contributed by atoms with Crippen LogP contribution in [0.2, 0.25) is 0 Å². The summed E-state index contributed by atoms with van der Waals surface area (Å²) in [6.07, 6.45) is 3.76. The predicted molar refractivity (Wildman–Crippen MR) is 76.5 cm³/mol. The van der Waals surface area contributed by atoms with Gasteiger partial charge in [0.2, 0.25) is 0 Å². The van der Waals surface area contributed by atoms with Crippen molar-refractivity contribution in [1.29, 1.82) is 0 Å². The predicted octanol–water partition coefficient (Wildman–Crippen LogP) is -0.246. The molecule has 7 heteroatoms. The lowest BCUT2D eigenvalue weighted by Gasteiger charge is -2.36. The van der Waals surface area contributed by atoms with Crippen LogP contribution in [0.5, 0.6) is 0 Å². The normalized spacial score (nSPS) is 23.4. The van der Waals surface area contributed by atoms with Gasteiger partial charge in [0.25, 0.3) is 0 Å². The molecule has 0 radical (unpaired) electrons. The van der Waals surface area contributed by atoms with E-state index < -0.39 is 9.84 Å². The van der Waals surface area contributed by atoms with Crippen LogP contribution in [-0.2, 0) is 14.6 Å². The minimum atomic E-state index is -2.90. The topological polar surface area (TPSA) is 84.7 Å². The third-order valence-electron chi connectivity index (χ3n) is 3.41. The van der Waals surface area contributed by atoms with E-state index in [9.17, 15) is 8.42 Å². The molecular weight excluding hydrogens is 266 g/mol. The number of ether oxygens (including phenoxy) is 1. The average Bonchev–Trinajstić information content (AvgIpc) is 2.34. The number of hydrogen-bond acceptors (Lipinski definition) is 6. The fraction of sp³-hybridized carbons (Fsp3) is 1.00. The molecule has 0 spiro atoms. The Morgan fingerprint density at radius 2 is 2.26 bits per heavy atom. The molecule has 0 aromatic carbocycles. The van der Waals surface area contributed by atoms with Crippen molar-refractivity contribution in [1.82, 2.24) is 10.3 Å². The summed E-state index contributed by atoms with van der Waals surface area (Å²) in [5.74, 6) is 5.78. The van der Waals surface area contributed by atoms with Gasteiger partial charge < -0.3 is 4.74 Å². The van der Waals surface area contributed by atoms with E-state index in [1.54, 1.807) is 0 Å². The summed E-state index contributed by atoms with van der Waals surface area (Å²) in [6, 6.07) is 0.0152. The molecule has 0 aromatic heterocycles. The second-order valence-electron chi connectivity index (χ2n) is 5.26. The van der Waals surface area contributed by atoms with Crippen molar-refractivity contribution in [3.8, 4) is 0 Å². The van der Waals surface area contributed by atoms with Gasteiger partial charge >= 0.3 is 0 Å². The Morgan fingerprint density at radius 1 is 1.53 bits per heavy atom. The van der Waals surface area contributed by atoms with Crippen molar-refractivity contribution in [3.05, 3.63) is 0 Å². The lowest BCUT2D eigenvalue weighted by Crippen LogP contribution is -2.54. The highest BCUT2D eigenvalue weighted by Gasteiger charge is 2.27. The summed E-state index contributed by atoms with van der Waals surface area (Å²) in [7, 11) is -2.90. The number of nitrogens with one attached hydrogen (secondary N) is 1. The summed E-state index contributed by atoms with van der Waals surface area (Å²) in [5, 5.41) is 0. The molecule has 6 nitrogen and oxygen atoms in total. The van der Waals surface area contributed by atoms with Gasteiger partial charge in [0.1, 0.15) is 9.84 Å². The summed E-state index contributed by atoms with van der Waals surface area (Å²) >= 11 is 0. The van der Waals surface area contributed by atoms with Crippen molar-refractivity contribution < 1.29 is 13.2 Å². The number of hydrazine groups is 1. The van der Waals surface area contributed by atoms with E-state index in [2.05, 4.69) is 17.2 Å². The number of nitrogens with zero attached hydrogens (tertiary/aromatic N) is 1. The van der Waals surface area contributed by atoms with Crippen LogP contribution in [0.15, 0.2) is 0 Å². The molecule has 1 fully saturated rings. The van der Waals surface area contributed by atoms with E-state index in [-0.39, 0.29) is 17.9 Å². The van der Waals surface area contributed by atoms with Gasteiger partial charge in [-0.25, -0.2) is 8.42 Å². The van der Waals surface area contributed by atoms with Gasteiger partial charge in [-0.3, -0.25) is 16.2 Å². The molecule has 114 valence electrons. The fourth-order valence-corrected chi connectivity index (χ4v) is 3.13. The lowest BCUT2D eigenvalue weighted by molar-refractivity contribution is -0.0476. The minimum absolute atomic E-state index is 0.0152. The summed E-state index contributed by atoms with van der Waals surface area (Å²) < 4.78 is 28.0. The molecule has 3 N–H and O–H groups in total. The third-order valence-corrected chi connectivity index (χ3v) is 4.44. The van der Waals surface area contributed by atoms with Crippen molar-refractivity contribution in [2.45, 2.75) is 38.3 Å². The molecule has 0 amide bonds. The molecule has 0 aliphatic carbocycles. The highest BCUT2D eigenvalue weighted by Crippen LogP contribution is 2.13. The maximum atomic E-state index is 11.1. The Balaban J connectivity index is 2.40. The molecule has 1 aliphatic rings. The number of morpholine rings is 1. The second kappa shape index (κ2) is 8.16. The van der Waals surface area contributed by atoms with Gasteiger partial charge in [0.05, 0.1) is 12.7 Å². The number of hydrogen-bond donors (Lipinski definition) is 2.